The Bertz CT molecular complexity index is 1070. The number of hydrogen-bond donors (Lipinski definition) is 3. The maximum absolute atomic E-state index is 12.8. The van der Waals surface area contributed by atoms with E-state index in [-0.39, 0.29) is 40.7 Å². The molecule has 10 heteroatoms. The number of aromatic hydroxyl groups is 2. The van der Waals surface area contributed by atoms with Gasteiger partial charge in [0, 0.05) is 28.2 Å². The van der Waals surface area contributed by atoms with Crippen LogP contribution < -0.4 is 5.32 Å². The number of anilines is 1. The Morgan fingerprint density at radius 2 is 1.84 bits per heavy atom. The van der Waals surface area contributed by atoms with Gasteiger partial charge >= 0.3 is 0 Å². The van der Waals surface area contributed by atoms with Gasteiger partial charge in [-0.15, -0.1) is 0 Å². The second kappa shape index (κ2) is 8.50. The standard InChI is InChI=1S/C21H26N6O4/c1-6-13(12-10-8-7-9-11-12)22-14-15(21(31)26(4)20(14)30)23-18-17(28)16(24-27(18)5)19(29)25(2)3/h7-11,13,22,30-31H,6H2,1-5H3/t13-/m1/s1. The smallest absolute Gasteiger partial charge is 0.278 e. The Morgan fingerprint density at radius 3 is 2.42 bits per heavy atom. The van der Waals surface area contributed by atoms with Crippen LogP contribution in [0, 0.1) is 0 Å². The van der Waals surface area contributed by atoms with Gasteiger partial charge in [-0.25, -0.2) is 10.0 Å². The van der Waals surface area contributed by atoms with Crippen molar-refractivity contribution >= 4 is 34.6 Å². The number of amidine groups is 1. The number of nitrogens with zero attached hydrogens (tertiary/aromatic N) is 5. The van der Waals surface area contributed by atoms with Crippen molar-refractivity contribution in [1.82, 2.24) is 14.5 Å². The number of hydrazone groups is 1. The number of carbonyl (C=O) groups is 2. The van der Waals surface area contributed by atoms with Crippen LogP contribution in [0.4, 0.5) is 11.4 Å². The number of carbonyl (C=O) groups excluding carboxylic acids is 2. The third-order valence-electron chi connectivity index (χ3n) is 5.04. The monoisotopic (exact) mass is 426 g/mol. The van der Waals surface area contributed by atoms with Crippen molar-refractivity contribution in [1.29, 1.82) is 0 Å². The number of ketones is 1. The molecule has 3 rings (SSSR count). The molecule has 164 valence electrons. The summed E-state index contributed by atoms with van der Waals surface area (Å²) in [5, 5.41) is 29.5. The predicted octanol–water partition coefficient (Wildman–Crippen LogP) is 1.99. The largest absolute Gasteiger partial charge is 0.493 e. The lowest BCUT2D eigenvalue weighted by atomic mass is 10.0. The van der Waals surface area contributed by atoms with Crippen molar-refractivity contribution in [3.8, 4) is 11.8 Å². The number of rotatable bonds is 6. The molecule has 3 N–H and O–H groups in total. The molecule has 0 saturated heterocycles. The molecule has 0 aliphatic carbocycles. The third-order valence-corrected chi connectivity index (χ3v) is 5.04. The van der Waals surface area contributed by atoms with E-state index in [4.69, 9.17) is 0 Å². The highest BCUT2D eigenvalue weighted by atomic mass is 16.3. The van der Waals surface area contributed by atoms with Gasteiger partial charge < -0.3 is 20.4 Å². The maximum atomic E-state index is 12.8. The number of nitrogens with one attached hydrogen (secondary N) is 1. The van der Waals surface area contributed by atoms with E-state index in [0.29, 0.717) is 6.42 Å². The van der Waals surface area contributed by atoms with Gasteiger partial charge in [-0.2, -0.15) is 5.10 Å². The van der Waals surface area contributed by atoms with Crippen LogP contribution in [0.5, 0.6) is 11.8 Å². The lowest BCUT2D eigenvalue weighted by molar-refractivity contribution is -0.122. The second-order valence-corrected chi connectivity index (χ2v) is 7.38. The zero-order valence-electron chi connectivity index (χ0n) is 18.1. The predicted molar refractivity (Wildman–Crippen MR) is 118 cm³/mol. The third kappa shape index (κ3) is 3.96. The minimum atomic E-state index is -0.662. The number of amides is 1. The second-order valence-electron chi connectivity index (χ2n) is 7.38. The molecule has 0 spiro atoms. The Labute approximate surface area is 180 Å². The van der Waals surface area contributed by atoms with Crippen LogP contribution in [-0.4, -0.2) is 69.1 Å². The molecule has 1 aromatic heterocycles. The topological polar surface area (TPSA) is 123 Å². The summed E-state index contributed by atoms with van der Waals surface area (Å²) in [6.45, 7) is 1.98. The summed E-state index contributed by atoms with van der Waals surface area (Å²) in [7, 11) is 5.99. The SMILES string of the molecule is CC[C@@H](Nc1c(N=C2C(=O)C(C(=O)N(C)C)=NN2C)c(O)n(C)c1O)c1ccccc1. The number of Topliss-reactive ketones (excluding diaryl/α,β-unsaturated/α-hetero) is 1. The zero-order chi connectivity index (χ0) is 22.9. The first-order chi connectivity index (χ1) is 14.7. The molecule has 0 unspecified atom stereocenters. The first-order valence-corrected chi connectivity index (χ1v) is 9.76. The van der Waals surface area contributed by atoms with E-state index < -0.39 is 11.7 Å². The molecular weight excluding hydrogens is 400 g/mol. The summed E-state index contributed by atoms with van der Waals surface area (Å²) in [5.74, 6) is -1.91. The number of aliphatic imine (C=N–C) groups is 1. The number of aromatic nitrogens is 1. The molecule has 1 aliphatic rings. The summed E-state index contributed by atoms with van der Waals surface area (Å²) in [6.07, 6.45) is 0.693. The van der Waals surface area contributed by atoms with Crippen molar-refractivity contribution in [3.63, 3.8) is 0 Å². The molecule has 0 saturated carbocycles. The molecule has 1 atom stereocenters. The minimum Gasteiger partial charge on any atom is -0.493 e. The quantitative estimate of drug-likeness (QED) is 0.649. The van der Waals surface area contributed by atoms with Gasteiger partial charge in [0.1, 0.15) is 5.69 Å². The van der Waals surface area contributed by atoms with E-state index in [1.807, 2.05) is 37.3 Å². The fourth-order valence-corrected chi connectivity index (χ4v) is 3.24. The van der Waals surface area contributed by atoms with Crippen LogP contribution in [0.3, 0.4) is 0 Å². The molecular formula is C21H26N6O4. The Hall–Kier alpha value is -3.82. The molecule has 0 radical (unpaired) electrons. The normalized spacial score (nSPS) is 15.9. The molecule has 31 heavy (non-hydrogen) atoms. The fraction of sp³-hybridized carbons (Fsp3) is 0.333. The van der Waals surface area contributed by atoms with Gasteiger partial charge in [-0.3, -0.25) is 14.2 Å². The Balaban J connectivity index is 2.02. The first kappa shape index (κ1) is 21.9. The first-order valence-electron chi connectivity index (χ1n) is 9.76. The Morgan fingerprint density at radius 1 is 1.19 bits per heavy atom. The van der Waals surface area contributed by atoms with E-state index >= 15 is 0 Å². The van der Waals surface area contributed by atoms with Crippen LogP contribution in [0.2, 0.25) is 0 Å². The zero-order valence-corrected chi connectivity index (χ0v) is 18.1. The van der Waals surface area contributed by atoms with Crippen molar-refractivity contribution in [3.05, 3.63) is 35.9 Å². The van der Waals surface area contributed by atoms with E-state index in [2.05, 4.69) is 15.4 Å². The summed E-state index contributed by atoms with van der Waals surface area (Å²) in [5.41, 5.74) is 0.883. The summed E-state index contributed by atoms with van der Waals surface area (Å²) in [4.78, 5) is 30.5. The van der Waals surface area contributed by atoms with E-state index in [0.717, 1.165) is 10.1 Å². The summed E-state index contributed by atoms with van der Waals surface area (Å²) >= 11 is 0. The van der Waals surface area contributed by atoms with Crippen molar-refractivity contribution in [2.75, 3.05) is 26.5 Å². The molecule has 2 aromatic rings. The van der Waals surface area contributed by atoms with Crippen LogP contribution in [0.15, 0.2) is 40.4 Å². The maximum Gasteiger partial charge on any atom is 0.278 e. The van der Waals surface area contributed by atoms with E-state index in [9.17, 15) is 19.8 Å². The van der Waals surface area contributed by atoms with Crippen LogP contribution in [-0.2, 0) is 16.6 Å². The van der Waals surface area contributed by atoms with Gasteiger partial charge in [-0.1, -0.05) is 37.3 Å². The van der Waals surface area contributed by atoms with Gasteiger partial charge in [0.2, 0.25) is 17.6 Å². The molecule has 2 heterocycles. The molecule has 10 nitrogen and oxygen atoms in total. The van der Waals surface area contributed by atoms with Crippen LogP contribution in [0.1, 0.15) is 24.9 Å². The van der Waals surface area contributed by atoms with Gasteiger partial charge in [0.15, 0.2) is 11.4 Å². The van der Waals surface area contributed by atoms with E-state index in [1.165, 1.54) is 38.1 Å². The summed E-state index contributed by atoms with van der Waals surface area (Å²) < 4.78 is 1.16. The van der Waals surface area contributed by atoms with Gasteiger partial charge in [0.05, 0.1) is 6.04 Å². The highest BCUT2D eigenvalue weighted by Gasteiger charge is 2.36. The molecule has 0 bridgehead atoms. The lowest BCUT2D eigenvalue weighted by Crippen LogP contribution is -2.35. The average molecular weight is 426 g/mol. The van der Waals surface area contributed by atoms with Gasteiger partial charge in [0.25, 0.3) is 11.7 Å². The number of benzene rings is 1. The van der Waals surface area contributed by atoms with Crippen molar-refractivity contribution in [2.45, 2.75) is 19.4 Å². The highest BCUT2D eigenvalue weighted by Crippen LogP contribution is 2.46. The van der Waals surface area contributed by atoms with Crippen LogP contribution in [0.25, 0.3) is 0 Å². The lowest BCUT2D eigenvalue weighted by Gasteiger charge is -2.18. The van der Waals surface area contributed by atoms with E-state index in [1.54, 1.807) is 0 Å². The molecule has 1 aromatic carbocycles. The number of likely N-dealkylation sites (N-methyl/N-ethyl adjacent to an activating group) is 1. The van der Waals surface area contributed by atoms with Crippen molar-refractivity contribution < 1.29 is 19.8 Å². The van der Waals surface area contributed by atoms with Crippen LogP contribution >= 0.6 is 0 Å². The molecule has 1 aliphatic heterocycles. The van der Waals surface area contributed by atoms with Gasteiger partial charge in [-0.05, 0) is 12.0 Å². The van der Waals surface area contributed by atoms with Crippen molar-refractivity contribution in [2.24, 2.45) is 17.1 Å². The average Bonchev–Trinajstić information content (AvgIpc) is 3.15. The summed E-state index contributed by atoms with van der Waals surface area (Å²) in [6, 6.07) is 9.47. The highest BCUT2D eigenvalue weighted by molar-refractivity contribution is 6.81. The number of hydrogen-bond acceptors (Lipinski definition) is 7. The minimum absolute atomic E-state index is 0.0154. The molecule has 1 amide bonds. The fourth-order valence-electron chi connectivity index (χ4n) is 3.24. The molecule has 0 fully saturated rings. The Kier molecular flexibility index (Phi) is 6.00.